The maximum Gasteiger partial charge on any atom is 0.367 e. The van der Waals surface area contributed by atoms with E-state index in [1.165, 1.54) is 18.2 Å². The number of allylic oxidation sites excluding steroid dienone is 2. The summed E-state index contributed by atoms with van der Waals surface area (Å²) in [7, 11) is 0. The number of urea groups is 2. The molecule has 0 spiro atoms. The number of carbonyl (C=O) groups excluding carboxylic acids is 7. The largest absolute Gasteiger partial charge is 0.367 e. The molecule has 8 amide bonds. The highest BCUT2D eigenvalue weighted by atomic mass is 16.7. The van der Waals surface area contributed by atoms with Crippen LogP contribution in [0.5, 0.6) is 0 Å². The molecule has 0 aromatic carbocycles. The molecular weight excluding hydrogens is 640 g/mol. The van der Waals surface area contributed by atoms with Crippen molar-refractivity contribution in [3.8, 4) is 0 Å². The third-order valence-electron chi connectivity index (χ3n) is 8.49. The van der Waals surface area contributed by atoms with E-state index in [9.17, 15) is 38.4 Å². The Morgan fingerprint density at radius 3 is 1.51 bits per heavy atom. The first-order valence-corrected chi connectivity index (χ1v) is 16.8. The summed E-state index contributed by atoms with van der Waals surface area (Å²) in [4.78, 5) is 115. The lowest BCUT2D eigenvalue weighted by Gasteiger charge is -2.36. The van der Waals surface area contributed by atoms with Gasteiger partial charge in [-0.1, -0.05) is 64.6 Å². The van der Waals surface area contributed by atoms with E-state index < -0.39 is 59.1 Å². The lowest BCUT2D eigenvalue weighted by Crippen LogP contribution is -2.61. The van der Waals surface area contributed by atoms with Crippen LogP contribution < -0.4 is 5.63 Å². The van der Waals surface area contributed by atoms with Crippen LogP contribution in [0.4, 0.5) is 9.59 Å². The van der Waals surface area contributed by atoms with Gasteiger partial charge in [0.15, 0.2) is 11.8 Å². The van der Waals surface area contributed by atoms with Gasteiger partial charge in [-0.3, -0.25) is 38.8 Å². The minimum Gasteiger partial charge on any atom is -0.338 e. The Balaban J connectivity index is 1.68. The Kier molecular flexibility index (Phi) is 12.2. The SMILES string of the molecule is CCCCN1C(=O)C(C2=NOC(=O)/C2=C\C=C\c2c(C3C(=O)N(CCCC)C(=O)N(CCCC)C3=O)[nH]oc2=O)C(=O)N(CCCC)C1=O. The van der Waals surface area contributed by atoms with Crippen LogP contribution in [0.3, 0.4) is 0 Å². The summed E-state index contributed by atoms with van der Waals surface area (Å²) in [6.07, 6.45) is 8.33. The third kappa shape index (κ3) is 7.32. The standard InChI is InChI=1S/C33H42N6O10/c1-5-9-16-36-26(40)22(27(41)37(32(36)46)17-10-6-2)24-20(30(44)48-34-24)14-13-15-21-25(35-49-31(21)45)23-28(42)38(18-11-7-3)33(47)39(29(23)43)19-12-8-4/h13-15,22-23,34H,5-12,16-19H2,1-4H3/b14-13+,21-15-. The zero-order valence-electron chi connectivity index (χ0n) is 28.2. The number of H-pyrrole nitrogens is 1. The summed E-state index contributed by atoms with van der Waals surface area (Å²) in [5.74, 6) is -7.45. The topological polar surface area (TPSA) is 200 Å². The van der Waals surface area contributed by atoms with Crippen molar-refractivity contribution in [1.82, 2.24) is 24.8 Å². The summed E-state index contributed by atoms with van der Waals surface area (Å²) in [6, 6.07) is -1.45. The molecule has 1 aromatic heterocycles. The number of aromatic nitrogens is 1. The number of nitrogens with one attached hydrogen (secondary N) is 1. The second kappa shape index (κ2) is 16.3. The first-order chi connectivity index (χ1) is 23.5. The number of hydrogen-bond donors (Lipinski definition) is 1. The monoisotopic (exact) mass is 682 g/mol. The number of amides is 8. The van der Waals surface area contributed by atoms with Gasteiger partial charge in [-0.15, -0.1) is 0 Å². The van der Waals surface area contributed by atoms with Crippen molar-refractivity contribution in [3.05, 3.63) is 39.4 Å². The van der Waals surface area contributed by atoms with Gasteiger partial charge in [0.25, 0.3) is 0 Å². The van der Waals surface area contributed by atoms with E-state index in [-0.39, 0.29) is 48.7 Å². The Labute approximate surface area is 282 Å². The molecule has 264 valence electrons. The highest BCUT2D eigenvalue weighted by molar-refractivity contribution is 6.37. The third-order valence-corrected chi connectivity index (χ3v) is 8.49. The molecule has 3 aliphatic rings. The van der Waals surface area contributed by atoms with Crippen molar-refractivity contribution in [1.29, 1.82) is 0 Å². The molecule has 16 nitrogen and oxygen atoms in total. The number of unbranched alkanes of at least 4 members (excludes halogenated alkanes) is 4. The minimum atomic E-state index is -1.62. The van der Waals surface area contributed by atoms with E-state index in [1.54, 1.807) is 0 Å². The van der Waals surface area contributed by atoms with E-state index in [0.29, 0.717) is 51.4 Å². The normalized spacial score (nSPS) is 19.1. The summed E-state index contributed by atoms with van der Waals surface area (Å²) in [5, 5.41) is 6.10. The van der Waals surface area contributed by atoms with E-state index in [4.69, 9.17) is 9.36 Å². The second-order valence-electron chi connectivity index (χ2n) is 11.9. The van der Waals surface area contributed by atoms with E-state index >= 15 is 0 Å². The van der Waals surface area contributed by atoms with Crippen LogP contribution in [-0.2, 0) is 28.8 Å². The predicted molar refractivity (Wildman–Crippen MR) is 173 cm³/mol. The molecule has 49 heavy (non-hydrogen) atoms. The van der Waals surface area contributed by atoms with Gasteiger partial charge in [0.05, 0.1) is 16.8 Å². The maximum absolute atomic E-state index is 13.5. The van der Waals surface area contributed by atoms with E-state index in [2.05, 4.69) is 10.3 Å². The number of imide groups is 4. The van der Waals surface area contributed by atoms with Gasteiger partial charge >= 0.3 is 23.7 Å². The van der Waals surface area contributed by atoms with E-state index in [1.807, 2.05) is 27.7 Å². The first-order valence-electron chi connectivity index (χ1n) is 16.8. The van der Waals surface area contributed by atoms with Crippen LogP contribution in [0.15, 0.2) is 32.2 Å². The average Bonchev–Trinajstić information content (AvgIpc) is 3.62. The summed E-state index contributed by atoms with van der Waals surface area (Å²) < 4.78 is 4.96. The smallest absolute Gasteiger partial charge is 0.338 e. The van der Waals surface area contributed by atoms with Crippen molar-refractivity contribution in [2.24, 2.45) is 11.1 Å². The van der Waals surface area contributed by atoms with E-state index in [0.717, 1.165) is 19.6 Å². The molecule has 2 fully saturated rings. The molecule has 4 rings (SSSR count). The Bertz CT molecular complexity index is 1590. The summed E-state index contributed by atoms with van der Waals surface area (Å²) >= 11 is 0. The molecule has 0 aliphatic carbocycles. The van der Waals surface area contributed by atoms with Crippen LogP contribution in [-0.4, -0.2) is 98.3 Å². The van der Waals surface area contributed by atoms with Gasteiger partial charge < -0.3 is 9.36 Å². The number of carbonyl (C=O) groups is 7. The number of rotatable bonds is 16. The molecule has 1 N–H and O–H groups in total. The van der Waals surface area contributed by atoms with Gasteiger partial charge in [-0.25, -0.2) is 24.3 Å². The highest BCUT2D eigenvalue weighted by Crippen LogP contribution is 2.30. The zero-order chi connectivity index (χ0) is 35.8. The van der Waals surface area contributed by atoms with Crippen LogP contribution >= 0.6 is 0 Å². The average molecular weight is 683 g/mol. The van der Waals surface area contributed by atoms with Crippen molar-refractivity contribution in [2.75, 3.05) is 26.2 Å². The molecule has 16 heteroatoms. The number of hydrogen-bond acceptors (Lipinski definition) is 11. The summed E-state index contributed by atoms with van der Waals surface area (Å²) in [6.45, 7) is 7.87. The van der Waals surface area contributed by atoms with Crippen molar-refractivity contribution in [2.45, 2.75) is 85.0 Å². The van der Waals surface area contributed by atoms with Gasteiger partial charge in [-0.2, -0.15) is 0 Å². The van der Waals surface area contributed by atoms with Crippen LogP contribution in [0, 0.1) is 5.92 Å². The van der Waals surface area contributed by atoms with Gasteiger partial charge in [-0.05, 0) is 37.8 Å². The van der Waals surface area contributed by atoms with Crippen LogP contribution in [0.2, 0.25) is 0 Å². The second-order valence-corrected chi connectivity index (χ2v) is 11.9. The Morgan fingerprint density at radius 1 is 0.653 bits per heavy atom. The molecule has 0 radical (unpaired) electrons. The quantitative estimate of drug-likeness (QED) is 0.153. The van der Waals surface area contributed by atoms with Crippen LogP contribution in [0.1, 0.15) is 96.2 Å². The summed E-state index contributed by atoms with van der Waals surface area (Å²) in [5.41, 5.74) is -1.89. The predicted octanol–water partition coefficient (Wildman–Crippen LogP) is 3.30. The minimum absolute atomic E-state index is 0.0730. The van der Waals surface area contributed by atoms with Gasteiger partial charge in [0, 0.05) is 26.2 Å². The molecule has 2 saturated heterocycles. The number of barbiturate groups is 2. The van der Waals surface area contributed by atoms with Gasteiger partial charge in [0.2, 0.25) is 23.6 Å². The number of aromatic amines is 1. The molecule has 0 atom stereocenters. The lowest BCUT2D eigenvalue weighted by atomic mass is 9.91. The molecule has 1 aromatic rings. The fourth-order valence-corrected chi connectivity index (χ4v) is 5.66. The fourth-order valence-electron chi connectivity index (χ4n) is 5.66. The lowest BCUT2D eigenvalue weighted by molar-refractivity contribution is -0.147. The Morgan fingerprint density at radius 2 is 1.08 bits per heavy atom. The zero-order valence-corrected chi connectivity index (χ0v) is 28.2. The van der Waals surface area contributed by atoms with Crippen molar-refractivity contribution >= 4 is 53.4 Å². The number of nitrogens with zero attached hydrogens (tertiary/aromatic N) is 5. The first kappa shape index (κ1) is 36.7. The molecule has 4 heterocycles. The fraction of sp³-hybridized carbons (Fsp3) is 0.545. The van der Waals surface area contributed by atoms with Crippen LogP contribution in [0.25, 0.3) is 6.08 Å². The molecule has 0 saturated carbocycles. The maximum atomic E-state index is 13.5. The van der Waals surface area contributed by atoms with Crippen molar-refractivity contribution < 1.29 is 42.9 Å². The Hall–Kier alpha value is -5.15. The molecular formula is C33H42N6O10. The van der Waals surface area contributed by atoms with Crippen molar-refractivity contribution in [3.63, 3.8) is 0 Å². The molecule has 3 aliphatic heterocycles. The molecule has 0 bridgehead atoms. The molecule has 0 unspecified atom stereocenters. The highest BCUT2D eigenvalue weighted by Gasteiger charge is 2.51. The number of oxime groups is 1. The van der Waals surface area contributed by atoms with Gasteiger partial charge in [0.1, 0.15) is 5.71 Å².